The molecule has 2 aromatic rings. The van der Waals surface area contributed by atoms with Gasteiger partial charge in [0.15, 0.2) is 0 Å². The first-order chi connectivity index (χ1) is 8.99. The van der Waals surface area contributed by atoms with Gasteiger partial charge in [-0.05, 0) is 24.6 Å². The summed E-state index contributed by atoms with van der Waals surface area (Å²) >= 11 is 5.95. The minimum absolute atomic E-state index is 0.0965. The average Bonchev–Trinajstić information content (AvgIpc) is 2.81. The molecule has 0 atom stereocenters. The quantitative estimate of drug-likeness (QED) is 0.885. The summed E-state index contributed by atoms with van der Waals surface area (Å²) in [4.78, 5) is 7.03. The lowest BCUT2D eigenvalue weighted by Crippen LogP contribution is -2.26. The number of aryl methyl sites for hydroxylation is 1. The molecular weight excluding hydrogens is 286 g/mol. The molecule has 1 aromatic heterocycles. The second-order valence-corrected chi connectivity index (χ2v) is 6.26. The van der Waals surface area contributed by atoms with Gasteiger partial charge in [-0.3, -0.25) is 0 Å². The first-order valence-corrected chi connectivity index (χ1v) is 7.59. The number of hydrogen-bond donors (Lipinski definition) is 2. The highest BCUT2D eigenvalue weighted by molar-refractivity contribution is 7.89. The Morgan fingerprint density at radius 2 is 2.21 bits per heavy atom. The van der Waals surface area contributed by atoms with Crippen LogP contribution >= 0.6 is 11.6 Å². The summed E-state index contributed by atoms with van der Waals surface area (Å²) in [6, 6.07) is 4.85. The Hall–Kier alpha value is -1.37. The number of benzene rings is 1. The summed E-state index contributed by atoms with van der Waals surface area (Å²) in [5, 5.41) is 0.227. The number of aromatic nitrogens is 2. The first kappa shape index (κ1) is 14.0. The van der Waals surface area contributed by atoms with Crippen LogP contribution in [0.2, 0.25) is 5.02 Å². The van der Waals surface area contributed by atoms with Crippen LogP contribution in [-0.2, 0) is 16.4 Å². The van der Waals surface area contributed by atoms with Gasteiger partial charge >= 0.3 is 0 Å². The van der Waals surface area contributed by atoms with E-state index in [9.17, 15) is 8.42 Å². The predicted molar refractivity (Wildman–Crippen MR) is 73.7 cm³/mol. The number of imidazole rings is 1. The Bertz CT molecular complexity index is 654. The first-order valence-electron chi connectivity index (χ1n) is 5.73. The zero-order valence-electron chi connectivity index (χ0n) is 10.4. The van der Waals surface area contributed by atoms with Crippen LogP contribution in [0.1, 0.15) is 11.4 Å². The summed E-state index contributed by atoms with van der Waals surface area (Å²) in [6.07, 6.45) is 3.82. The number of aromatic amines is 1. The van der Waals surface area contributed by atoms with Gasteiger partial charge in [0.1, 0.15) is 10.7 Å². The minimum atomic E-state index is -3.58. The number of hydrogen-bond acceptors (Lipinski definition) is 3. The zero-order valence-corrected chi connectivity index (χ0v) is 11.9. The van der Waals surface area contributed by atoms with Crippen molar-refractivity contribution in [2.24, 2.45) is 0 Å². The van der Waals surface area contributed by atoms with Gasteiger partial charge in [-0.2, -0.15) is 0 Å². The average molecular weight is 300 g/mol. The van der Waals surface area contributed by atoms with E-state index < -0.39 is 10.0 Å². The predicted octanol–water partition coefficient (Wildman–Crippen LogP) is 1.89. The Balaban J connectivity index is 2.05. The molecule has 2 rings (SSSR count). The van der Waals surface area contributed by atoms with Crippen molar-refractivity contribution in [1.29, 1.82) is 0 Å². The fourth-order valence-corrected chi connectivity index (χ4v) is 3.27. The highest BCUT2D eigenvalue weighted by Gasteiger charge is 2.17. The van der Waals surface area contributed by atoms with E-state index in [2.05, 4.69) is 14.7 Å². The number of H-pyrrole nitrogens is 1. The number of sulfonamides is 1. The lowest BCUT2D eigenvalue weighted by Gasteiger charge is -2.08. The molecule has 7 heteroatoms. The summed E-state index contributed by atoms with van der Waals surface area (Å²) in [6.45, 7) is 2.12. The van der Waals surface area contributed by atoms with Gasteiger partial charge in [0.05, 0.1) is 5.02 Å². The monoisotopic (exact) mass is 299 g/mol. The second kappa shape index (κ2) is 5.73. The van der Waals surface area contributed by atoms with Gasteiger partial charge in [-0.25, -0.2) is 18.1 Å². The third-order valence-electron chi connectivity index (χ3n) is 2.59. The van der Waals surface area contributed by atoms with E-state index in [0.29, 0.717) is 6.42 Å². The van der Waals surface area contributed by atoms with Crippen LogP contribution in [0.3, 0.4) is 0 Å². The highest BCUT2D eigenvalue weighted by Crippen LogP contribution is 2.22. The summed E-state index contributed by atoms with van der Waals surface area (Å²) in [7, 11) is -3.58. The molecule has 0 aliphatic heterocycles. The zero-order chi connectivity index (χ0) is 13.9. The van der Waals surface area contributed by atoms with E-state index in [4.69, 9.17) is 11.6 Å². The van der Waals surface area contributed by atoms with Gasteiger partial charge in [0.25, 0.3) is 0 Å². The maximum atomic E-state index is 12.1. The SMILES string of the molecule is Cc1ccc(S(=O)(=O)NCCc2ncc[nH]2)c(Cl)c1. The summed E-state index contributed by atoms with van der Waals surface area (Å²) < 4.78 is 26.6. The van der Waals surface area contributed by atoms with E-state index >= 15 is 0 Å². The molecule has 0 saturated carbocycles. The van der Waals surface area contributed by atoms with Crippen molar-refractivity contribution in [2.45, 2.75) is 18.2 Å². The van der Waals surface area contributed by atoms with Gasteiger partial charge in [-0.1, -0.05) is 17.7 Å². The Morgan fingerprint density at radius 3 is 2.84 bits per heavy atom. The van der Waals surface area contributed by atoms with E-state index in [1.54, 1.807) is 24.5 Å². The van der Waals surface area contributed by atoms with Crippen molar-refractivity contribution < 1.29 is 8.42 Å². The van der Waals surface area contributed by atoms with Crippen molar-refractivity contribution >= 4 is 21.6 Å². The lowest BCUT2D eigenvalue weighted by molar-refractivity contribution is 0.581. The number of nitrogens with one attached hydrogen (secondary N) is 2. The van der Waals surface area contributed by atoms with Crippen LogP contribution in [0, 0.1) is 6.92 Å². The molecule has 2 N–H and O–H groups in total. The smallest absolute Gasteiger partial charge is 0.242 e. The molecule has 5 nitrogen and oxygen atoms in total. The van der Waals surface area contributed by atoms with Crippen LogP contribution in [0.5, 0.6) is 0 Å². The molecule has 0 unspecified atom stereocenters. The largest absolute Gasteiger partial charge is 0.349 e. The molecule has 0 spiro atoms. The van der Waals surface area contributed by atoms with Gasteiger partial charge in [0.2, 0.25) is 10.0 Å². The molecule has 0 saturated heterocycles. The summed E-state index contributed by atoms with van der Waals surface area (Å²) in [5.74, 6) is 0.734. The molecule has 1 aromatic carbocycles. The van der Waals surface area contributed by atoms with E-state index in [-0.39, 0.29) is 16.5 Å². The van der Waals surface area contributed by atoms with Gasteiger partial charge in [-0.15, -0.1) is 0 Å². The molecule has 0 fully saturated rings. The van der Waals surface area contributed by atoms with E-state index in [1.165, 1.54) is 6.07 Å². The van der Waals surface area contributed by atoms with Gasteiger partial charge < -0.3 is 4.98 Å². The van der Waals surface area contributed by atoms with Crippen LogP contribution in [0.4, 0.5) is 0 Å². The maximum Gasteiger partial charge on any atom is 0.242 e. The van der Waals surface area contributed by atoms with E-state index in [1.807, 2.05) is 6.92 Å². The van der Waals surface area contributed by atoms with Gasteiger partial charge in [0, 0.05) is 25.4 Å². The van der Waals surface area contributed by atoms with Crippen LogP contribution < -0.4 is 4.72 Å². The minimum Gasteiger partial charge on any atom is -0.349 e. The van der Waals surface area contributed by atoms with Crippen molar-refractivity contribution in [1.82, 2.24) is 14.7 Å². The molecule has 0 aliphatic carbocycles. The Morgan fingerprint density at radius 1 is 1.42 bits per heavy atom. The van der Waals surface area contributed by atoms with Crippen molar-refractivity contribution in [3.63, 3.8) is 0 Å². The fourth-order valence-electron chi connectivity index (χ4n) is 1.64. The topological polar surface area (TPSA) is 74.8 Å². The molecule has 1 heterocycles. The Labute approximate surface area is 117 Å². The van der Waals surface area contributed by atoms with Crippen molar-refractivity contribution in [3.8, 4) is 0 Å². The van der Waals surface area contributed by atoms with Crippen LogP contribution in [-0.4, -0.2) is 24.9 Å². The standard InChI is InChI=1S/C12H14ClN3O2S/c1-9-2-3-11(10(13)8-9)19(17,18)16-5-4-12-14-6-7-15-12/h2-3,6-8,16H,4-5H2,1H3,(H,14,15). The highest BCUT2D eigenvalue weighted by atomic mass is 35.5. The Kier molecular flexibility index (Phi) is 4.24. The maximum absolute atomic E-state index is 12.1. The fraction of sp³-hybridized carbons (Fsp3) is 0.250. The normalized spacial score (nSPS) is 11.7. The molecule has 102 valence electrons. The summed E-state index contributed by atoms with van der Waals surface area (Å²) in [5.41, 5.74) is 0.916. The molecule has 19 heavy (non-hydrogen) atoms. The number of halogens is 1. The second-order valence-electron chi connectivity index (χ2n) is 4.12. The number of rotatable bonds is 5. The molecule has 0 radical (unpaired) electrons. The van der Waals surface area contributed by atoms with E-state index in [0.717, 1.165) is 11.4 Å². The number of nitrogens with zero attached hydrogens (tertiary/aromatic N) is 1. The molecular formula is C12H14ClN3O2S. The van der Waals surface area contributed by atoms with Crippen molar-refractivity contribution in [2.75, 3.05) is 6.54 Å². The third kappa shape index (κ3) is 3.56. The van der Waals surface area contributed by atoms with Crippen molar-refractivity contribution in [3.05, 3.63) is 47.0 Å². The third-order valence-corrected chi connectivity index (χ3v) is 4.53. The van der Waals surface area contributed by atoms with Crippen LogP contribution in [0.25, 0.3) is 0 Å². The molecule has 0 aliphatic rings. The molecule has 0 amide bonds. The molecule has 0 bridgehead atoms. The lowest BCUT2D eigenvalue weighted by atomic mass is 10.2. The van der Waals surface area contributed by atoms with Crippen LogP contribution in [0.15, 0.2) is 35.5 Å².